The average Bonchev–Trinajstić information content (AvgIpc) is 3.06. The van der Waals surface area contributed by atoms with Crippen LogP contribution in [-0.4, -0.2) is 67.2 Å². The number of carbonyl (C=O) groups excluding carboxylic acids is 2. The molecule has 0 aliphatic carbocycles. The number of hydrogen-bond donors (Lipinski definition) is 3. The number of nitrogens with zero attached hydrogens (tertiary/aromatic N) is 1. The molecule has 0 unspecified atom stereocenters. The van der Waals surface area contributed by atoms with E-state index in [-0.39, 0.29) is 12.2 Å². The van der Waals surface area contributed by atoms with E-state index in [0.717, 1.165) is 32.1 Å². The Morgan fingerprint density at radius 2 is 1.04 bits per heavy atom. The standard InChI is InChI=1S/C38H71N3O6/c1-2-3-4-5-6-7-8-9-10-11-12-13-16-19-22-25-30-39-36(42)46-34-27-24-21-18-15-14-17-20-23-26-31-40-37(43)47-35-28-32-41(33-29-35)38(44)45/h9-10,35H,2-8,11-34H2,1H3,(H,39,42)(H,40,43)(H,44,45). The molecule has 1 aliphatic heterocycles. The highest BCUT2D eigenvalue weighted by molar-refractivity contribution is 5.67. The number of allylic oxidation sites excluding steroid dienone is 2. The van der Waals surface area contributed by atoms with Crippen molar-refractivity contribution in [1.29, 1.82) is 0 Å². The summed E-state index contributed by atoms with van der Waals surface area (Å²) in [6.07, 6.45) is 33.4. The molecule has 1 heterocycles. The van der Waals surface area contributed by atoms with Gasteiger partial charge < -0.3 is 30.1 Å². The van der Waals surface area contributed by atoms with Crippen LogP contribution in [0.15, 0.2) is 12.2 Å². The first kappa shape index (κ1) is 42.6. The first-order valence-electron chi connectivity index (χ1n) is 19.5. The maximum absolute atomic E-state index is 11.9. The minimum Gasteiger partial charge on any atom is -0.465 e. The van der Waals surface area contributed by atoms with E-state index in [1.165, 1.54) is 127 Å². The van der Waals surface area contributed by atoms with E-state index in [9.17, 15) is 14.4 Å². The van der Waals surface area contributed by atoms with Gasteiger partial charge in [-0.15, -0.1) is 0 Å². The highest BCUT2D eigenvalue weighted by atomic mass is 16.6. The summed E-state index contributed by atoms with van der Waals surface area (Å²) in [5.74, 6) is 0. The zero-order chi connectivity index (χ0) is 34.0. The monoisotopic (exact) mass is 666 g/mol. The first-order chi connectivity index (χ1) is 23.0. The molecular formula is C38H71N3O6. The Hall–Kier alpha value is -2.45. The predicted molar refractivity (Wildman–Crippen MR) is 192 cm³/mol. The van der Waals surface area contributed by atoms with Gasteiger partial charge in [-0.05, 0) is 44.9 Å². The van der Waals surface area contributed by atoms with E-state index in [1.807, 2.05) is 0 Å². The smallest absolute Gasteiger partial charge is 0.407 e. The van der Waals surface area contributed by atoms with Crippen molar-refractivity contribution in [3.8, 4) is 0 Å². The van der Waals surface area contributed by atoms with Crippen LogP contribution in [0.3, 0.4) is 0 Å². The molecule has 9 heteroatoms. The molecule has 9 nitrogen and oxygen atoms in total. The van der Waals surface area contributed by atoms with Crippen LogP contribution in [0.1, 0.15) is 174 Å². The van der Waals surface area contributed by atoms with Crippen molar-refractivity contribution in [1.82, 2.24) is 15.5 Å². The van der Waals surface area contributed by atoms with Crippen LogP contribution < -0.4 is 10.6 Å². The summed E-state index contributed by atoms with van der Waals surface area (Å²) in [4.78, 5) is 36.1. The summed E-state index contributed by atoms with van der Waals surface area (Å²) in [6, 6.07) is 0. The van der Waals surface area contributed by atoms with Crippen molar-refractivity contribution in [3.05, 3.63) is 12.2 Å². The third kappa shape index (κ3) is 28.3. The highest BCUT2D eigenvalue weighted by Gasteiger charge is 2.24. The van der Waals surface area contributed by atoms with E-state index in [1.54, 1.807) is 0 Å². The largest absolute Gasteiger partial charge is 0.465 e. The number of alkyl carbamates (subject to hydrolysis) is 2. The van der Waals surface area contributed by atoms with Crippen molar-refractivity contribution in [2.45, 2.75) is 180 Å². The first-order valence-corrected chi connectivity index (χ1v) is 19.5. The summed E-state index contributed by atoms with van der Waals surface area (Å²) >= 11 is 0. The molecule has 3 amide bonds. The van der Waals surface area contributed by atoms with Crippen LogP contribution in [0.4, 0.5) is 14.4 Å². The van der Waals surface area contributed by atoms with Crippen LogP contribution >= 0.6 is 0 Å². The number of nitrogens with one attached hydrogen (secondary N) is 2. The number of likely N-dealkylation sites (tertiary alicyclic amines) is 1. The molecule has 1 saturated heterocycles. The Morgan fingerprint density at radius 3 is 1.53 bits per heavy atom. The van der Waals surface area contributed by atoms with Gasteiger partial charge in [0.25, 0.3) is 0 Å². The van der Waals surface area contributed by atoms with Gasteiger partial charge in [0.1, 0.15) is 6.10 Å². The number of carbonyl (C=O) groups is 3. The molecule has 0 aromatic carbocycles. The minimum atomic E-state index is -0.912. The van der Waals surface area contributed by atoms with Gasteiger partial charge in [-0.2, -0.15) is 0 Å². The molecule has 1 aliphatic rings. The number of amides is 3. The molecule has 47 heavy (non-hydrogen) atoms. The Balaban J connectivity index is 1.73. The molecule has 0 saturated carbocycles. The van der Waals surface area contributed by atoms with E-state index in [4.69, 9.17) is 14.6 Å². The van der Waals surface area contributed by atoms with Gasteiger partial charge in [0, 0.05) is 39.0 Å². The van der Waals surface area contributed by atoms with Crippen molar-refractivity contribution in [2.75, 3.05) is 32.8 Å². The highest BCUT2D eigenvalue weighted by Crippen LogP contribution is 2.15. The third-order valence-electron chi connectivity index (χ3n) is 9.02. The van der Waals surface area contributed by atoms with Crippen LogP contribution in [-0.2, 0) is 9.47 Å². The molecule has 0 radical (unpaired) electrons. The normalized spacial score (nSPS) is 13.6. The number of unbranched alkanes of at least 4 members (excludes halogenated alkanes) is 21. The molecule has 274 valence electrons. The number of rotatable bonds is 30. The Kier molecular flexibility index (Phi) is 29.1. The van der Waals surface area contributed by atoms with E-state index >= 15 is 0 Å². The fourth-order valence-electron chi connectivity index (χ4n) is 5.97. The third-order valence-corrected chi connectivity index (χ3v) is 9.02. The molecule has 1 fully saturated rings. The number of piperidine rings is 1. The second-order valence-corrected chi connectivity index (χ2v) is 13.3. The summed E-state index contributed by atoms with van der Waals surface area (Å²) in [6.45, 7) is 4.93. The summed E-state index contributed by atoms with van der Waals surface area (Å²) < 4.78 is 10.7. The van der Waals surface area contributed by atoms with E-state index in [2.05, 4.69) is 29.7 Å². The van der Waals surface area contributed by atoms with Gasteiger partial charge in [0.2, 0.25) is 0 Å². The van der Waals surface area contributed by atoms with E-state index < -0.39 is 12.2 Å². The molecule has 0 aromatic heterocycles. The lowest BCUT2D eigenvalue weighted by molar-refractivity contribution is 0.0511. The van der Waals surface area contributed by atoms with Crippen molar-refractivity contribution in [3.63, 3.8) is 0 Å². The van der Waals surface area contributed by atoms with Gasteiger partial charge in [0.15, 0.2) is 0 Å². The SMILES string of the molecule is CCCCCCCCC=CCCCCCCCCNC(=O)OCCCCCCCCCCCCNC(=O)OC1CCN(C(=O)O)CC1. The Bertz CT molecular complexity index is 785. The number of hydrogen-bond acceptors (Lipinski definition) is 5. The zero-order valence-electron chi connectivity index (χ0n) is 30.1. The maximum atomic E-state index is 11.9. The quantitative estimate of drug-likeness (QED) is 0.0519. The molecule has 0 atom stereocenters. The lowest BCUT2D eigenvalue weighted by Crippen LogP contribution is -2.41. The lowest BCUT2D eigenvalue weighted by atomic mass is 10.1. The molecule has 0 aromatic rings. The van der Waals surface area contributed by atoms with Crippen LogP contribution in [0.25, 0.3) is 0 Å². The molecule has 1 rings (SSSR count). The van der Waals surface area contributed by atoms with Gasteiger partial charge in [-0.1, -0.05) is 128 Å². The topological polar surface area (TPSA) is 117 Å². The van der Waals surface area contributed by atoms with Crippen molar-refractivity contribution in [2.24, 2.45) is 0 Å². The van der Waals surface area contributed by atoms with Crippen LogP contribution in [0, 0.1) is 0 Å². The average molecular weight is 666 g/mol. The molecule has 3 N–H and O–H groups in total. The fraction of sp³-hybridized carbons (Fsp3) is 0.868. The van der Waals surface area contributed by atoms with Crippen LogP contribution in [0.5, 0.6) is 0 Å². The predicted octanol–water partition coefficient (Wildman–Crippen LogP) is 10.5. The van der Waals surface area contributed by atoms with Gasteiger partial charge in [-0.25, -0.2) is 14.4 Å². The molecule has 0 bridgehead atoms. The molecular weight excluding hydrogens is 594 g/mol. The minimum absolute atomic E-state index is 0.195. The second kappa shape index (κ2) is 32.1. The number of ether oxygens (including phenoxy) is 2. The lowest BCUT2D eigenvalue weighted by Gasteiger charge is -2.29. The Morgan fingerprint density at radius 1 is 0.617 bits per heavy atom. The van der Waals surface area contributed by atoms with Gasteiger partial charge >= 0.3 is 18.3 Å². The van der Waals surface area contributed by atoms with Gasteiger partial charge in [-0.3, -0.25) is 0 Å². The van der Waals surface area contributed by atoms with Crippen molar-refractivity contribution < 1.29 is 29.0 Å². The number of carboxylic acid groups (broad SMARTS) is 1. The summed E-state index contributed by atoms with van der Waals surface area (Å²) in [5.41, 5.74) is 0. The maximum Gasteiger partial charge on any atom is 0.407 e. The van der Waals surface area contributed by atoms with E-state index in [0.29, 0.717) is 45.6 Å². The Labute approximate surface area is 287 Å². The fourth-order valence-corrected chi connectivity index (χ4v) is 5.97. The zero-order valence-corrected chi connectivity index (χ0v) is 30.1. The summed E-state index contributed by atoms with van der Waals surface area (Å²) in [7, 11) is 0. The van der Waals surface area contributed by atoms with Crippen molar-refractivity contribution >= 4 is 18.3 Å². The van der Waals surface area contributed by atoms with Gasteiger partial charge in [0.05, 0.1) is 6.61 Å². The summed E-state index contributed by atoms with van der Waals surface area (Å²) in [5, 5.41) is 14.7. The molecule has 0 spiro atoms. The van der Waals surface area contributed by atoms with Crippen LogP contribution in [0.2, 0.25) is 0 Å². The second-order valence-electron chi connectivity index (χ2n) is 13.3.